The number of nitrogens with zero attached hydrogens (tertiary/aromatic N) is 4. The van der Waals surface area contributed by atoms with Gasteiger partial charge in [0.15, 0.2) is 0 Å². The zero-order valence-electron chi connectivity index (χ0n) is 14.0. The molecule has 1 amide bonds. The van der Waals surface area contributed by atoms with Crippen LogP contribution in [0.25, 0.3) is 0 Å². The molecule has 2 N–H and O–H groups in total. The van der Waals surface area contributed by atoms with Gasteiger partial charge in [0, 0.05) is 18.6 Å². The van der Waals surface area contributed by atoms with E-state index in [4.69, 9.17) is 10.5 Å². The monoisotopic (exact) mass is 379 g/mol. The summed E-state index contributed by atoms with van der Waals surface area (Å²) >= 11 is 0. The summed E-state index contributed by atoms with van der Waals surface area (Å²) in [6, 6.07) is 0. The van der Waals surface area contributed by atoms with Crippen molar-refractivity contribution in [3.8, 4) is 0 Å². The van der Waals surface area contributed by atoms with Gasteiger partial charge in [-0.05, 0) is 19.8 Å². The van der Waals surface area contributed by atoms with Crippen LogP contribution in [0.3, 0.4) is 0 Å². The fraction of sp³-hybridized carbons (Fsp3) is 0.800. The number of carbonyl (C=O) groups excluding carboxylic acids is 1. The van der Waals surface area contributed by atoms with Crippen molar-refractivity contribution in [1.82, 2.24) is 19.7 Å². The summed E-state index contributed by atoms with van der Waals surface area (Å²) in [5, 5.41) is 4.10. The van der Waals surface area contributed by atoms with E-state index in [1.807, 2.05) is 11.8 Å². The lowest BCUT2D eigenvalue weighted by Crippen LogP contribution is -2.56. The summed E-state index contributed by atoms with van der Waals surface area (Å²) in [7, 11) is 0. The zero-order chi connectivity index (χ0) is 15.6. The molecular weight excluding hydrogens is 353 g/mol. The molecule has 0 spiro atoms. The van der Waals surface area contributed by atoms with E-state index < -0.39 is 0 Å². The Morgan fingerprint density at radius 2 is 2.21 bits per heavy atom. The maximum absolute atomic E-state index is 12.9. The lowest BCUT2D eigenvalue weighted by atomic mass is 9.74. The molecule has 1 aromatic rings. The third-order valence-corrected chi connectivity index (χ3v) is 4.86. The van der Waals surface area contributed by atoms with Gasteiger partial charge >= 0.3 is 0 Å². The van der Waals surface area contributed by atoms with E-state index in [1.54, 1.807) is 11.0 Å². The van der Waals surface area contributed by atoms with Crippen LogP contribution < -0.4 is 5.73 Å². The molecule has 2 heterocycles. The maximum atomic E-state index is 12.9. The van der Waals surface area contributed by atoms with Gasteiger partial charge in [-0.25, -0.2) is 4.98 Å². The minimum absolute atomic E-state index is 0. The number of hydrogen-bond acceptors (Lipinski definition) is 5. The number of ether oxygens (including phenoxy) is 1. The molecule has 1 aliphatic carbocycles. The number of aromatic nitrogens is 3. The first-order valence-electron chi connectivity index (χ1n) is 8.08. The first kappa shape index (κ1) is 21.2. The van der Waals surface area contributed by atoms with Crippen LogP contribution in [-0.2, 0) is 16.1 Å². The summed E-state index contributed by atoms with van der Waals surface area (Å²) in [5.41, 5.74) is 5.99. The standard InChI is InChI=1S/C15H25N5O2.2ClH/c1-15(16)5-3-2-4-13(15)14(21)19-6-7-22-12(8-19)9-20-11-17-10-18-20;;/h10-13H,2-9,16H2,1H3;2*1H. The molecule has 1 saturated carbocycles. The number of hydrogen-bond donors (Lipinski definition) is 1. The normalized spacial score (nSPS) is 30.2. The van der Waals surface area contributed by atoms with Crippen LogP contribution in [-0.4, -0.2) is 56.9 Å². The van der Waals surface area contributed by atoms with Gasteiger partial charge in [-0.1, -0.05) is 12.8 Å². The Bertz CT molecular complexity index is 512. The van der Waals surface area contributed by atoms with E-state index in [1.165, 1.54) is 6.33 Å². The summed E-state index contributed by atoms with van der Waals surface area (Å²) in [6.07, 6.45) is 7.18. The predicted octanol–water partition coefficient (Wildman–Crippen LogP) is 1.26. The molecule has 3 unspecified atom stereocenters. The van der Waals surface area contributed by atoms with Crippen LogP contribution in [0, 0.1) is 5.92 Å². The van der Waals surface area contributed by atoms with Crippen molar-refractivity contribution in [2.24, 2.45) is 11.7 Å². The molecule has 7 nitrogen and oxygen atoms in total. The van der Waals surface area contributed by atoms with Gasteiger partial charge < -0.3 is 15.4 Å². The predicted molar refractivity (Wildman–Crippen MR) is 95.4 cm³/mol. The highest BCUT2D eigenvalue weighted by Crippen LogP contribution is 2.33. The van der Waals surface area contributed by atoms with Crippen molar-refractivity contribution >= 4 is 30.7 Å². The van der Waals surface area contributed by atoms with Gasteiger partial charge in [0.05, 0.1) is 25.2 Å². The third kappa shape index (κ3) is 4.81. The summed E-state index contributed by atoms with van der Waals surface area (Å²) in [6.45, 7) is 4.46. The lowest BCUT2D eigenvalue weighted by Gasteiger charge is -2.42. The minimum Gasteiger partial charge on any atom is -0.373 e. The molecule has 3 rings (SSSR count). The van der Waals surface area contributed by atoms with E-state index in [2.05, 4.69) is 10.1 Å². The van der Waals surface area contributed by atoms with Crippen molar-refractivity contribution in [2.75, 3.05) is 19.7 Å². The molecule has 0 radical (unpaired) electrons. The van der Waals surface area contributed by atoms with E-state index in [0.29, 0.717) is 26.2 Å². The van der Waals surface area contributed by atoms with Gasteiger partial charge in [-0.3, -0.25) is 9.48 Å². The number of amides is 1. The highest BCUT2D eigenvalue weighted by Gasteiger charge is 2.40. The lowest BCUT2D eigenvalue weighted by molar-refractivity contribution is -0.147. The molecule has 2 fully saturated rings. The minimum atomic E-state index is -0.380. The van der Waals surface area contributed by atoms with Crippen LogP contribution in [0.15, 0.2) is 12.7 Å². The average Bonchev–Trinajstić information content (AvgIpc) is 2.99. The Balaban J connectivity index is 0.00000144. The zero-order valence-corrected chi connectivity index (χ0v) is 15.6. The quantitative estimate of drug-likeness (QED) is 0.853. The molecule has 9 heteroatoms. The second kappa shape index (κ2) is 8.99. The second-order valence-corrected chi connectivity index (χ2v) is 6.70. The van der Waals surface area contributed by atoms with Gasteiger partial charge in [0.2, 0.25) is 5.91 Å². The Morgan fingerprint density at radius 1 is 1.42 bits per heavy atom. The molecule has 0 bridgehead atoms. The maximum Gasteiger partial charge on any atom is 0.227 e. The smallest absolute Gasteiger partial charge is 0.227 e. The highest BCUT2D eigenvalue weighted by molar-refractivity contribution is 5.85. The van der Waals surface area contributed by atoms with E-state index in [9.17, 15) is 4.79 Å². The molecule has 1 aromatic heterocycles. The topological polar surface area (TPSA) is 86.3 Å². The second-order valence-electron chi connectivity index (χ2n) is 6.70. The Labute approximate surface area is 155 Å². The first-order valence-corrected chi connectivity index (χ1v) is 8.08. The SMILES string of the molecule is CC1(N)CCCCC1C(=O)N1CCOC(Cn2cncn2)C1.Cl.Cl. The molecule has 1 aliphatic heterocycles. The van der Waals surface area contributed by atoms with Crippen molar-refractivity contribution in [3.05, 3.63) is 12.7 Å². The number of rotatable bonds is 3. The largest absolute Gasteiger partial charge is 0.373 e. The first-order chi connectivity index (χ1) is 10.6. The Kier molecular flexibility index (Phi) is 7.92. The molecule has 2 aliphatic rings. The fourth-order valence-corrected chi connectivity index (χ4v) is 3.55. The molecular formula is C15H27Cl2N5O2. The Hall–Kier alpha value is -0.890. The fourth-order valence-electron chi connectivity index (χ4n) is 3.55. The molecule has 3 atom stereocenters. The van der Waals surface area contributed by atoms with Gasteiger partial charge in [-0.2, -0.15) is 5.10 Å². The molecule has 1 saturated heterocycles. The van der Waals surface area contributed by atoms with Crippen LogP contribution in [0.4, 0.5) is 0 Å². The molecule has 24 heavy (non-hydrogen) atoms. The average molecular weight is 380 g/mol. The number of nitrogens with two attached hydrogens (primary N) is 1. The van der Waals surface area contributed by atoms with Crippen LogP contribution >= 0.6 is 24.8 Å². The van der Waals surface area contributed by atoms with E-state index >= 15 is 0 Å². The third-order valence-electron chi connectivity index (χ3n) is 4.86. The number of halogens is 2. The van der Waals surface area contributed by atoms with Crippen molar-refractivity contribution < 1.29 is 9.53 Å². The van der Waals surface area contributed by atoms with E-state index in [0.717, 1.165) is 25.7 Å². The summed E-state index contributed by atoms with van der Waals surface area (Å²) in [4.78, 5) is 18.7. The Morgan fingerprint density at radius 3 is 2.88 bits per heavy atom. The summed E-state index contributed by atoms with van der Waals surface area (Å²) < 4.78 is 7.50. The number of carbonyl (C=O) groups is 1. The van der Waals surface area contributed by atoms with Crippen LogP contribution in [0.2, 0.25) is 0 Å². The van der Waals surface area contributed by atoms with Crippen molar-refractivity contribution in [3.63, 3.8) is 0 Å². The number of morpholine rings is 1. The van der Waals surface area contributed by atoms with Crippen molar-refractivity contribution in [2.45, 2.75) is 50.8 Å². The molecule has 138 valence electrons. The highest BCUT2D eigenvalue weighted by atomic mass is 35.5. The summed E-state index contributed by atoms with van der Waals surface area (Å²) in [5.74, 6) is 0.128. The van der Waals surface area contributed by atoms with E-state index in [-0.39, 0.29) is 48.3 Å². The van der Waals surface area contributed by atoms with Gasteiger partial charge in [0.25, 0.3) is 0 Å². The van der Waals surface area contributed by atoms with Crippen LogP contribution in [0.1, 0.15) is 32.6 Å². The van der Waals surface area contributed by atoms with Crippen molar-refractivity contribution in [1.29, 1.82) is 0 Å². The van der Waals surface area contributed by atoms with Crippen LogP contribution in [0.5, 0.6) is 0 Å². The van der Waals surface area contributed by atoms with Gasteiger partial charge in [0.1, 0.15) is 12.7 Å². The molecule has 0 aromatic carbocycles. The van der Waals surface area contributed by atoms with Gasteiger partial charge in [-0.15, -0.1) is 24.8 Å².